The number of carbonyl (C=O) groups is 1. The normalized spacial score (nSPS) is 10.8. The molecule has 2 N–H and O–H groups in total. The number of rotatable bonds is 3. The van der Waals surface area contributed by atoms with Crippen LogP contribution in [0, 0.1) is 6.92 Å². The average Bonchev–Trinajstić information content (AvgIpc) is 2.76. The first-order valence-electron chi connectivity index (χ1n) is 6.54. The fourth-order valence-electron chi connectivity index (χ4n) is 2.70. The van der Waals surface area contributed by atoms with E-state index in [1.165, 1.54) is 0 Å². The Hall–Kier alpha value is -2.55. The van der Waals surface area contributed by atoms with Crippen LogP contribution in [0.2, 0.25) is 0 Å². The van der Waals surface area contributed by atoms with Crippen LogP contribution in [0.5, 0.6) is 0 Å². The second-order valence-electron chi connectivity index (χ2n) is 4.90. The van der Waals surface area contributed by atoms with Gasteiger partial charge in [-0.1, -0.05) is 48.5 Å². The molecule has 100 valence electrons. The number of nitrogens with one attached hydrogen (secondary N) is 1. The molecule has 0 atom stereocenters. The first kappa shape index (κ1) is 12.5. The Morgan fingerprint density at radius 2 is 1.85 bits per heavy atom. The molecule has 3 heteroatoms. The lowest BCUT2D eigenvalue weighted by molar-refractivity contribution is -0.136. The first-order valence-corrected chi connectivity index (χ1v) is 6.54. The molecule has 0 aliphatic carbocycles. The Morgan fingerprint density at radius 3 is 2.55 bits per heavy atom. The Balaban J connectivity index is 2.25. The van der Waals surface area contributed by atoms with Crippen LogP contribution in [0.15, 0.2) is 48.5 Å². The minimum Gasteiger partial charge on any atom is -0.481 e. The van der Waals surface area contributed by atoms with Crippen molar-refractivity contribution in [2.24, 2.45) is 0 Å². The lowest BCUT2D eigenvalue weighted by atomic mass is 10.0. The third kappa shape index (κ3) is 2.07. The van der Waals surface area contributed by atoms with Gasteiger partial charge in [0.05, 0.1) is 11.9 Å². The van der Waals surface area contributed by atoms with E-state index in [1.54, 1.807) is 0 Å². The zero-order valence-corrected chi connectivity index (χ0v) is 11.2. The lowest BCUT2D eigenvalue weighted by Crippen LogP contribution is -2.00. The summed E-state index contributed by atoms with van der Waals surface area (Å²) in [5.74, 6) is -0.814. The van der Waals surface area contributed by atoms with Gasteiger partial charge in [0.2, 0.25) is 0 Å². The van der Waals surface area contributed by atoms with Crippen LogP contribution < -0.4 is 0 Å². The van der Waals surface area contributed by atoms with Crippen molar-refractivity contribution in [2.45, 2.75) is 13.3 Å². The van der Waals surface area contributed by atoms with E-state index in [1.807, 2.05) is 43.3 Å². The van der Waals surface area contributed by atoms with Crippen LogP contribution in [0.4, 0.5) is 0 Å². The topological polar surface area (TPSA) is 53.1 Å². The summed E-state index contributed by atoms with van der Waals surface area (Å²) in [4.78, 5) is 14.3. The number of carboxylic acid groups (broad SMARTS) is 1. The molecule has 1 aromatic heterocycles. The zero-order valence-electron chi connectivity index (χ0n) is 11.2. The molecule has 0 fully saturated rings. The fourth-order valence-corrected chi connectivity index (χ4v) is 2.70. The summed E-state index contributed by atoms with van der Waals surface area (Å²) in [6.45, 7) is 2.02. The molecule has 0 aliphatic rings. The monoisotopic (exact) mass is 265 g/mol. The van der Waals surface area contributed by atoms with Gasteiger partial charge >= 0.3 is 5.97 Å². The van der Waals surface area contributed by atoms with Crippen molar-refractivity contribution in [1.82, 2.24) is 4.98 Å². The number of fused-ring (bicyclic) bond motifs is 1. The molecule has 0 bridgehead atoms. The van der Waals surface area contributed by atoms with Crippen molar-refractivity contribution in [3.8, 4) is 11.1 Å². The molecule has 3 rings (SSSR count). The predicted octanol–water partition coefficient (Wildman–Crippen LogP) is 3.77. The molecule has 0 saturated heterocycles. The summed E-state index contributed by atoms with van der Waals surface area (Å²) >= 11 is 0. The van der Waals surface area contributed by atoms with Gasteiger partial charge in [-0.2, -0.15) is 0 Å². The number of aliphatic carboxylic acids is 1. The van der Waals surface area contributed by atoms with E-state index in [9.17, 15) is 4.79 Å². The molecule has 0 unspecified atom stereocenters. The molecule has 20 heavy (non-hydrogen) atoms. The van der Waals surface area contributed by atoms with Crippen molar-refractivity contribution >= 4 is 16.9 Å². The number of hydrogen-bond acceptors (Lipinski definition) is 1. The number of H-pyrrole nitrogens is 1. The Labute approximate surface area is 116 Å². The van der Waals surface area contributed by atoms with Crippen molar-refractivity contribution in [3.05, 3.63) is 59.8 Å². The van der Waals surface area contributed by atoms with Gasteiger partial charge in [0.25, 0.3) is 0 Å². The summed E-state index contributed by atoms with van der Waals surface area (Å²) in [5, 5.41) is 10.1. The number of para-hydroxylation sites is 1. The maximum atomic E-state index is 11.0. The fraction of sp³-hybridized carbons (Fsp3) is 0.118. The van der Waals surface area contributed by atoms with E-state index in [0.717, 1.165) is 33.3 Å². The van der Waals surface area contributed by atoms with E-state index < -0.39 is 5.97 Å². The van der Waals surface area contributed by atoms with Crippen LogP contribution >= 0.6 is 0 Å². The second-order valence-corrected chi connectivity index (χ2v) is 4.90. The third-order valence-corrected chi connectivity index (χ3v) is 3.51. The average molecular weight is 265 g/mol. The number of carboxylic acids is 1. The summed E-state index contributed by atoms with van der Waals surface area (Å²) in [5.41, 5.74) is 5.09. The number of aromatic amines is 1. The minimum atomic E-state index is -0.814. The van der Waals surface area contributed by atoms with E-state index in [2.05, 4.69) is 17.1 Å². The number of benzene rings is 2. The van der Waals surface area contributed by atoms with Crippen molar-refractivity contribution in [3.63, 3.8) is 0 Å². The molecule has 3 nitrogen and oxygen atoms in total. The molecule has 3 aromatic rings. The second kappa shape index (κ2) is 4.85. The van der Waals surface area contributed by atoms with Gasteiger partial charge in [0.1, 0.15) is 0 Å². The highest BCUT2D eigenvalue weighted by atomic mass is 16.4. The predicted molar refractivity (Wildman–Crippen MR) is 79.8 cm³/mol. The molecular formula is C17H15NO2. The largest absolute Gasteiger partial charge is 0.481 e. The van der Waals surface area contributed by atoms with Crippen LogP contribution in [0.1, 0.15) is 11.3 Å². The van der Waals surface area contributed by atoms with Gasteiger partial charge in [-0.15, -0.1) is 0 Å². The van der Waals surface area contributed by atoms with Crippen molar-refractivity contribution in [1.29, 1.82) is 0 Å². The van der Waals surface area contributed by atoms with Gasteiger partial charge < -0.3 is 10.1 Å². The molecule has 0 amide bonds. The van der Waals surface area contributed by atoms with Crippen LogP contribution in [0.3, 0.4) is 0 Å². The highest BCUT2D eigenvalue weighted by Gasteiger charge is 2.13. The summed E-state index contributed by atoms with van der Waals surface area (Å²) in [6, 6.07) is 16.0. The van der Waals surface area contributed by atoms with Gasteiger partial charge in [0, 0.05) is 16.6 Å². The molecule has 0 saturated carbocycles. The SMILES string of the molecule is Cc1[nH]c2c(CC(=O)O)cccc2c1-c1ccccc1. The van der Waals surface area contributed by atoms with E-state index in [0.29, 0.717) is 0 Å². The van der Waals surface area contributed by atoms with Gasteiger partial charge in [0.15, 0.2) is 0 Å². The molecule has 2 aromatic carbocycles. The maximum absolute atomic E-state index is 11.0. The van der Waals surface area contributed by atoms with Crippen LogP contribution in [0.25, 0.3) is 22.0 Å². The number of hydrogen-bond donors (Lipinski definition) is 2. The highest BCUT2D eigenvalue weighted by molar-refractivity contribution is 5.99. The minimum absolute atomic E-state index is 0.0333. The quantitative estimate of drug-likeness (QED) is 0.757. The van der Waals surface area contributed by atoms with Gasteiger partial charge in [-0.3, -0.25) is 4.79 Å². The molecular weight excluding hydrogens is 250 g/mol. The summed E-state index contributed by atoms with van der Waals surface area (Å²) < 4.78 is 0. The third-order valence-electron chi connectivity index (χ3n) is 3.51. The first-order chi connectivity index (χ1) is 9.66. The Morgan fingerprint density at radius 1 is 1.10 bits per heavy atom. The maximum Gasteiger partial charge on any atom is 0.307 e. The van der Waals surface area contributed by atoms with Crippen LogP contribution in [-0.2, 0) is 11.2 Å². The van der Waals surface area contributed by atoms with Gasteiger partial charge in [-0.25, -0.2) is 0 Å². The van der Waals surface area contributed by atoms with E-state index in [4.69, 9.17) is 5.11 Å². The van der Waals surface area contributed by atoms with Crippen molar-refractivity contribution < 1.29 is 9.90 Å². The Kier molecular flexibility index (Phi) is 3.03. The van der Waals surface area contributed by atoms with E-state index >= 15 is 0 Å². The van der Waals surface area contributed by atoms with E-state index in [-0.39, 0.29) is 6.42 Å². The smallest absolute Gasteiger partial charge is 0.307 e. The molecule has 0 aliphatic heterocycles. The number of aryl methyl sites for hydroxylation is 1. The van der Waals surface area contributed by atoms with Gasteiger partial charge in [-0.05, 0) is 18.1 Å². The van der Waals surface area contributed by atoms with Crippen LogP contribution in [-0.4, -0.2) is 16.1 Å². The molecule has 0 radical (unpaired) electrons. The number of aromatic nitrogens is 1. The van der Waals surface area contributed by atoms with Crippen molar-refractivity contribution in [2.75, 3.05) is 0 Å². The highest BCUT2D eigenvalue weighted by Crippen LogP contribution is 2.33. The zero-order chi connectivity index (χ0) is 14.1. The standard InChI is InChI=1S/C17H15NO2/c1-11-16(12-6-3-2-4-7-12)14-9-5-8-13(10-15(19)20)17(14)18-11/h2-9,18H,10H2,1H3,(H,19,20). The molecule has 0 spiro atoms. The lowest BCUT2D eigenvalue weighted by Gasteiger charge is -2.02. The Bertz CT molecular complexity index is 772. The molecule has 1 heterocycles. The summed E-state index contributed by atoms with van der Waals surface area (Å²) in [7, 11) is 0. The summed E-state index contributed by atoms with van der Waals surface area (Å²) in [6.07, 6.45) is 0.0333.